The normalized spacial score (nSPS) is 21.2. The van der Waals surface area contributed by atoms with Gasteiger partial charge in [0.1, 0.15) is 11.5 Å². The number of benzene rings is 1. The number of aromatic nitrogens is 2. The van der Waals surface area contributed by atoms with Crippen molar-refractivity contribution >= 4 is 17.6 Å². The number of carbonyl (C=O) groups excluding carboxylic acids is 2. The molecule has 188 valence electrons. The lowest BCUT2D eigenvalue weighted by atomic mass is 9.99. The van der Waals surface area contributed by atoms with Crippen LogP contribution in [0.3, 0.4) is 0 Å². The number of nitrogens with one attached hydrogen (secondary N) is 1. The number of rotatable bonds is 3. The minimum atomic E-state index is -4.91. The summed E-state index contributed by atoms with van der Waals surface area (Å²) in [5.41, 5.74) is -0.164. The predicted octanol–water partition coefficient (Wildman–Crippen LogP) is 3.27. The second-order valence-electron chi connectivity index (χ2n) is 8.93. The molecule has 35 heavy (non-hydrogen) atoms. The van der Waals surface area contributed by atoms with Crippen LogP contribution < -0.4 is 5.32 Å². The molecule has 0 fully saturated rings. The second-order valence-corrected chi connectivity index (χ2v) is 8.93. The zero-order valence-corrected chi connectivity index (χ0v) is 19.1. The number of alkyl halides is 3. The highest BCUT2D eigenvalue weighted by Gasteiger charge is 2.38. The van der Waals surface area contributed by atoms with Gasteiger partial charge in [-0.3, -0.25) is 9.48 Å². The van der Waals surface area contributed by atoms with Crippen molar-refractivity contribution in [2.24, 2.45) is 5.92 Å². The summed E-state index contributed by atoms with van der Waals surface area (Å²) in [5.74, 6) is -2.06. The molecule has 0 radical (unpaired) electrons. The monoisotopic (exact) mass is 495 g/mol. The molecule has 3 amide bonds. The lowest BCUT2D eigenvalue weighted by Gasteiger charge is -2.33. The number of fused-ring (bicyclic) bond motifs is 3. The largest absolute Gasteiger partial charge is 0.419 e. The molecule has 1 aromatic heterocycles. The average Bonchev–Trinajstić information content (AvgIpc) is 3.07. The van der Waals surface area contributed by atoms with E-state index in [0.29, 0.717) is 35.5 Å². The number of hydrogen-bond acceptors (Lipinski definition) is 4. The molecule has 0 aliphatic carbocycles. The molecule has 3 atom stereocenters. The summed E-state index contributed by atoms with van der Waals surface area (Å²) < 4.78 is 54.3. The SMILES string of the molecule is C=C[C@H](O)[C@H]1CN(C)C(=O)c2c3c(nn2C1)C[C@@H](C)N(C(=O)Nc1ccc(F)c(C(F)(F)F)c1)C3. The van der Waals surface area contributed by atoms with Gasteiger partial charge in [-0.1, -0.05) is 6.08 Å². The molecule has 2 aliphatic rings. The standard InChI is InChI=1S/C23H25F4N5O3/c1-4-19(33)13-9-30(3)21(34)20-15-11-31(12(2)7-18(15)29-32(20)10-13)22(35)28-14-5-6-17(24)16(8-14)23(25,26)27/h4-6,8,12-13,19,33H,1,7,9-11H2,2-3H3,(H,28,35)/t12-,13+,19+/m1/s1. The van der Waals surface area contributed by atoms with Gasteiger partial charge < -0.3 is 20.2 Å². The highest BCUT2D eigenvalue weighted by molar-refractivity contribution is 5.95. The van der Waals surface area contributed by atoms with Crippen LogP contribution in [-0.4, -0.2) is 62.4 Å². The van der Waals surface area contributed by atoms with Crippen LogP contribution in [0, 0.1) is 11.7 Å². The molecule has 0 saturated heterocycles. The summed E-state index contributed by atoms with van der Waals surface area (Å²) in [6, 6.07) is 1.20. The van der Waals surface area contributed by atoms with Gasteiger partial charge in [0.15, 0.2) is 0 Å². The van der Waals surface area contributed by atoms with E-state index >= 15 is 0 Å². The van der Waals surface area contributed by atoms with Crippen molar-refractivity contribution in [3.8, 4) is 0 Å². The Morgan fingerprint density at radius 2 is 2.06 bits per heavy atom. The Bertz CT molecular complexity index is 1180. The smallest absolute Gasteiger partial charge is 0.389 e. The van der Waals surface area contributed by atoms with E-state index in [-0.39, 0.29) is 43.2 Å². The molecule has 1 aromatic carbocycles. The quantitative estimate of drug-likeness (QED) is 0.505. The number of aliphatic hydroxyl groups is 1. The van der Waals surface area contributed by atoms with Crippen molar-refractivity contribution in [2.75, 3.05) is 18.9 Å². The first-order valence-corrected chi connectivity index (χ1v) is 11.0. The molecule has 0 unspecified atom stereocenters. The van der Waals surface area contributed by atoms with Crippen LogP contribution in [0.4, 0.5) is 28.0 Å². The Balaban J connectivity index is 1.61. The number of nitrogens with zero attached hydrogens (tertiary/aromatic N) is 4. The van der Waals surface area contributed by atoms with Crippen molar-refractivity contribution in [1.29, 1.82) is 0 Å². The molecule has 8 nitrogen and oxygen atoms in total. The lowest BCUT2D eigenvalue weighted by Crippen LogP contribution is -2.45. The summed E-state index contributed by atoms with van der Waals surface area (Å²) in [6.07, 6.45) is -4.01. The van der Waals surface area contributed by atoms with Crippen LogP contribution in [0.15, 0.2) is 30.9 Å². The van der Waals surface area contributed by atoms with Crippen molar-refractivity contribution in [3.05, 3.63) is 59.2 Å². The number of anilines is 1. The van der Waals surface area contributed by atoms with Crippen LogP contribution in [-0.2, 0) is 25.7 Å². The number of halogens is 4. The second kappa shape index (κ2) is 8.99. The number of hydrogen-bond donors (Lipinski definition) is 2. The van der Waals surface area contributed by atoms with Crippen LogP contribution in [0.2, 0.25) is 0 Å². The van der Waals surface area contributed by atoms with Crippen LogP contribution in [0.25, 0.3) is 0 Å². The number of carbonyl (C=O) groups is 2. The predicted molar refractivity (Wildman–Crippen MR) is 118 cm³/mol. The summed E-state index contributed by atoms with van der Waals surface area (Å²) in [5, 5.41) is 17.3. The zero-order chi connectivity index (χ0) is 25.7. The fraction of sp³-hybridized carbons (Fsp3) is 0.435. The minimum Gasteiger partial charge on any atom is -0.389 e. The van der Waals surface area contributed by atoms with Gasteiger partial charge >= 0.3 is 12.2 Å². The lowest BCUT2D eigenvalue weighted by molar-refractivity contribution is -0.139. The Kier molecular flexibility index (Phi) is 6.34. The van der Waals surface area contributed by atoms with Gasteiger partial charge in [0.2, 0.25) is 0 Å². The molecule has 2 aliphatic heterocycles. The zero-order valence-electron chi connectivity index (χ0n) is 19.1. The third kappa shape index (κ3) is 4.62. The van der Waals surface area contributed by atoms with E-state index < -0.39 is 29.7 Å². The minimum absolute atomic E-state index is 0.0131. The van der Waals surface area contributed by atoms with Crippen molar-refractivity contribution in [1.82, 2.24) is 19.6 Å². The van der Waals surface area contributed by atoms with E-state index in [9.17, 15) is 32.3 Å². The van der Waals surface area contributed by atoms with Crippen LogP contribution in [0.5, 0.6) is 0 Å². The fourth-order valence-corrected chi connectivity index (χ4v) is 4.56. The Hall–Kier alpha value is -3.41. The van der Waals surface area contributed by atoms with E-state index in [2.05, 4.69) is 17.0 Å². The summed E-state index contributed by atoms with van der Waals surface area (Å²) in [4.78, 5) is 29.0. The highest BCUT2D eigenvalue weighted by Crippen LogP contribution is 2.34. The van der Waals surface area contributed by atoms with Gasteiger partial charge in [-0.15, -0.1) is 6.58 Å². The van der Waals surface area contributed by atoms with Gasteiger partial charge in [0.05, 0.1) is 23.9 Å². The highest BCUT2D eigenvalue weighted by atomic mass is 19.4. The maximum absolute atomic E-state index is 13.6. The Morgan fingerprint density at radius 1 is 1.34 bits per heavy atom. The molecule has 0 saturated carbocycles. The van der Waals surface area contributed by atoms with E-state index in [1.165, 1.54) is 15.9 Å². The maximum atomic E-state index is 13.6. The molecule has 4 rings (SSSR count). The third-order valence-electron chi connectivity index (χ3n) is 6.46. The van der Waals surface area contributed by atoms with Crippen LogP contribution >= 0.6 is 0 Å². The summed E-state index contributed by atoms with van der Waals surface area (Å²) in [7, 11) is 1.61. The Labute approximate surface area is 198 Å². The molecular formula is C23H25F4N5O3. The van der Waals surface area contributed by atoms with Crippen LogP contribution in [0.1, 0.15) is 34.2 Å². The molecule has 2 aromatic rings. The van der Waals surface area contributed by atoms with Gasteiger partial charge in [-0.05, 0) is 25.1 Å². The molecule has 12 heteroatoms. The first-order valence-electron chi connectivity index (χ1n) is 11.0. The molecule has 0 spiro atoms. The average molecular weight is 495 g/mol. The molecule has 3 heterocycles. The van der Waals surface area contributed by atoms with Gasteiger partial charge in [0, 0.05) is 49.8 Å². The Morgan fingerprint density at radius 3 is 2.71 bits per heavy atom. The molecule has 0 bridgehead atoms. The third-order valence-corrected chi connectivity index (χ3v) is 6.46. The van der Waals surface area contributed by atoms with E-state index in [1.54, 1.807) is 18.7 Å². The van der Waals surface area contributed by atoms with E-state index in [4.69, 9.17) is 0 Å². The topological polar surface area (TPSA) is 90.7 Å². The summed E-state index contributed by atoms with van der Waals surface area (Å²) in [6.45, 7) is 5.95. The van der Waals surface area contributed by atoms with Gasteiger partial charge in [-0.2, -0.15) is 18.3 Å². The van der Waals surface area contributed by atoms with E-state index in [1.807, 2.05) is 0 Å². The van der Waals surface area contributed by atoms with Crippen molar-refractivity contribution in [2.45, 2.75) is 44.8 Å². The molecular weight excluding hydrogens is 470 g/mol. The van der Waals surface area contributed by atoms with Gasteiger partial charge in [-0.25, -0.2) is 9.18 Å². The van der Waals surface area contributed by atoms with Crippen molar-refractivity contribution in [3.63, 3.8) is 0 Å². The summed E-state index contributed by atoms with van der Waals surface area (Å²) >= 11 is 0. The first-order chi connectivity index (χ1) is 16.4. The number of aliphatic hydroxyl groups excluding tert-OH is 1. The maximum Gasteiger partial charge on any atom is 0.419 e. The number of urea groups is 1. The van der Waals surface area contributed by atoms with Crippen molar-refractivity contribution < 1.29 is 32.3 Å². The van der Waals surface area contributed by atoms with E-state index in [0.717, 1.165) is 6.07 Å². The number of amides is 3. The first kappa shape index (κ1) is 24.7. The van der Waals surface area contributed by atoms with Gasteiger partial charge in [0.25, 0.3) is 5.91 Å². The molecule has 2 N–H and O–H groups in total. The fourth-order valence-electron chi connectivity index (χ4n) is 4.56.